The summed E-state index contributed by atoms with van der Waals surface area (Å²) >= 11 is 0. The number of benzene rings is 2. The van der Waals surface area contributed by atoms with Crippen LogP contribution in [0.3, 0.4) is 0 Å². The van der Waals surface area contributed by atoms with Gasteiger partial charge in [-0.15, -0.1) is 0 Å². The molecule has 0 heterocycles. The van der Waals surface area contributed by atoms with Gasteiger partial charge in [-0.2, -0.15) is 0 Å². The standard InChI is InChI=1S/C20H24O2/c1-13(2)16-10-11-17(18(12-16)19(21)14(3)4)20(22)15-8-6-5-7-9-15/h5-14,19,21H,1-4H3. The van der Waals surface area contributed by atoms with Crippen LogP contribution >= 0.6 is 0 Å². The molecule has 0 spiro atoms. The topological polar surface area (TPSA) is 37.3 Å². The van der Waals surface area contributed by atoms with Crippen LogP contribution in [0.15, 0.2) is 48.5 Å². The normalized spacial score (nSPS) is 12.7. The molecule has 1 atom stereocenters. The number of hydrogen-bond donors (Lipinski definition) is 1. The van der Waals surface area contributed by atoms with Crippen molar-refractivity contribution in [3.05, 3.63) is 70.8 Å². The van der Waals surface area contributed by atoms with Gasteiger partial charge in [0.05, 0.1) is 6.10 Å². The van der Waals surface area contributed by atoms with E-state index >= 15 is 0 Å². The Hall–Kier alpha value is -1.93. The number of ketones is 1. The Labute approximate surface area is 132 Å². The van der Waals surface area contributed by atoms with Gasteiger partial charge in [-0.1, -0.05) is 76.2 Å². The molecule has 22 heavy (non-hydrogen) atoms. The van der Waals surface area contributed by atoms with Crippen molar-refractivity contribution in [1.82, 2.24) is 0 Å². The Morgan fingerprint density at radius 1 is 0.955 bits per heavy atom. The highest BCUT2D eigenvalue weighted by Crippen LogP contribution is 2.29. The van der Waals surface area contributed by atoms with Gasteiger partial charge in [0.15, 0.2) is 5.78 Å². The predicted molar refractivity (Wildman–Crippen MR) is 90.2 cm³/mol. The lowest BCUT2D eigenvalue weighted by atomic mass is 9.87. The third kappa shape index (κ3) is 3.45. The van der Waals surface area contributed by atoms with E-state index in [-0.39, 0.29) is 11.7 Å². The van der Waals surface area contributed by atoms with Crippen LogP contribution in [0.25, 0.3) is 0 Å². The second-order valence-corrected chi connectivity index (χ2v) is 6.39. The van der Waals surface area contributed by atoms with Gasteiger partial charge in [0.25, 0.3) is 0 Å². The van der Waals surface area contributed by atoms with Crippen LogP contribution < -0.4 is 0 Å². The average Bonchev–Trinajstić information content (AvgIpc) is 2.53. The van der Waals surface area contributed by atoms with E-state index < -0.39 is 6.10 Å². The van der Waals surface area contributed by atoms with Gasteiger partial charge in [-0.25, -0.2) is 0 Å². The van der Waals surface area contributed by atoms with E-state index in [0.717, 1.165) is 11.1 Å². The highest BCUT2D eigenvalue weighted by Gasteiger charge is 2.21. The molecule has 0 fully saturated rings. The van der Waals surface area contributed by atoms with Crippen LogP contribution in [0.1, 0.15) is 66.8 Å². The molecule has 0 aliphatic heterocycles. The first-order valence-electron chi connectivity index (χ1n) is 7.83. The second-order valence-electron chi connectivity index (χ2n) is 6.39. The molecule has 2 aromatic rings. The average molecular weight is 296 g/mol. The van der Waals surface area contributed by atoms with E-state index in [9.17, 15) is 9.90 Å². The molecule has 0 aliphatic carbocycles. The van der Waals surface area contributed by atoms with Crippen molar-refractivity contribution in [3.8, 4) is 0 Å². The van der Waals surface area contributed by atoms with Crippen LogP contribution in [0.5, 0.6) is 0 Å². The SMILES string of the molecule is CC(C)c1ccc(C(=O)c2ccccc2)c(C(O)C(C)C)c1. The highest BCUT2D eigenvalue weighted by atomic mass is 16.3. The Morgan fingerprint density at radius 2 is 1.59 bits per heavy atom. The summed E-state index contributed by atoms with van der Waals surface area (Å²) in [5, 5.41) is 10.5. The molecular weight excluding hydrogens is 272 g/mol. The summed E-state index contributed by atoms with van der Waals surface area (Å²) in [4.78, 5) is 12.8. The van der Waals surface area contributed by atoms with Crippen molar-refractivity contribution in [2.24, 2.45) is 5.92 Å². The first-order chi connectivity index (χ1) is 10.4. The first-order valence-corrected chi connectivity index (χ1v) is 7.83. The smallest absolute Gasteiger partial charge is 0.193 e. The Balaban J connectivity index is 2.52. The summed E-state index contributed by atoms with van der Waals surface area (Å²) in [6.45, 7) is 8.14. The molecule has 1 unspecified atom stereocenters. The molecule has 0 aliphatic rings. The Kier molecular flexibility index (Phi) is 5.15. The second kappa shape index (κ2) is 6.89. The maximum Gasteiger partial charge on any atom is 0.193 e. The lowest BCUT2D eigenvalue weighted by Crippen LogP contribution is -2.13. The molecule has 0 bridgehead atoms. The summed E-state index contributed by atoms with van der Waals surface area (Å²) in [6.07, 6.45) is -0.638. The summed E-state index contributed by atoms with van der Waals surface area (Å²) in [7, 11) is 0. The van der Waals surface area contributed by atoms with Gasteiger partial charge >= 0.3 is 0 Å². The van der Waals surface area contributed by atoms with E-state index in [2.05, 4.69) is 13.8 Å². The van der Waals surface area contributed by atoms with Crippen LogP contribution in [0.4, 0.5) is 0 Å². The van der Waals surface area contributed by atoms with Gasteiger partial charge < -0.3 is 5.11 Å². The Morgan fingerprint density at radius 3 is 2.14 bits per heavy atom. The summed E-state index contributed by atoms with van der Waals surface area (Å²) in [5.41, 5.74) is 3.11. The fourth-order valence-electron chi connectivity index (χ4n) is 2.50. The summed E-state index contributed by atoms with van der Waals surface area (Å²) < 4.78 is 0. The molecule has 0 aromatic heterocycles. The van der Waals surface area contributed by atoms with E-state index in [1.165, 1.54) is 0 Å². The van der Waals surface area contributed by atoms with Crippen molar-refractivity contribution in [2.75, 3.05) is 0 Å². The minimum atomic E-state index is -0.638. The molecule has 2 nitrogen and oxygen atoms in total. The molecule has 0 radical (unpaired) electrons. The minimum absolute atomic E-state index is 0.0365. The zero-order chi connectivity index (χ0) is 16.3. The number of carbonyl (C=O) groups excluding carboxylic acids is 1. The van der Waals surface area contributed by atoms with Crippen molar-refractivity contribution < 1.29 is 9.90 Å². The number of hydrogen-bond acceptors (Lipinski definition) is 2. The van der Waals surface area contributed by atoms with Gasteiger partial charge in [-0.05, 0) is 23.0 Å². The molecule has 2 aromatic carbocycles. The molecular formula is C20H24O2. The highest BCUT2D eigenvalue weighted by molar-refractivity contribution is 6.10. The van der Waals surface area contributed by atoms with Gasteiger partial charge in [0, 0.05) is 11.1 Å². The molecule has 2 heteroatoms. The van der Waals surface area contributed by atoms with Gasteiger partial charge in [0.1, 0.15) is 0 Å². The van der Waals surface area contributed by atoms with Crippen LogP contribution in [-0.2, 0) is 0 Å². The molecule has 1 N–H and O–H groups in total. The van der Waals surface area contributed by atoms with Gasteiger partial charge in [0.2, 0.25) is 0 Å². The largest absolute Gasteiger partial charge is 0.388 e. The van der Waals surface area contributed by atoms with E-state index in [1.54, 1.807) is 0 Å². The zero-order valence-electron chi connectivity index (χ0n) is 13.7. The summed E-state index contributed by atoms with van der Waals surface area (Å²) in [6, 6.07) is 15.0. The summed E-state index contributed by atoms with van der Waals surface area (Å²) in [5.74, 6) is 0.384. The minimum Gasteiger partial charge on any atom is -0.388 e. The lowest BCUT2D eigenvalue weighted by molar-refractivity contribution is 0.101. The fourth-order valence-corrected chi connectivity index (χ4v) is 2.50. The fraction of sp³-hybridized carbons (Fsp3) is 0.350. The van der Waals surface area contributed by atoms with Crippen LogP contribution in [0, 0.1) is 5.92 Å². The lowest BCUT2D eigenvalue weighted by Gasteiger charge is -2.20. The Bertz CT molecular complexity index is 642. The van der Waals surface area contributed by atoms with Crippen LogP contribution in [0.2, 0.25) is 0 Å². The van der Waals surface area contributed by atoms with Crippen molar-refractivity contribution in [3.63, 3.8) is 0 Å². The van der Waals surface area contributed by atoms with E-state index in [1.807, 2.05) is 62.4 Å². The van der Waals surface area contributed by atoms with Gasteiger partial charge in [-0.3, -0.25) is 4.79 Å². The predicted octanol–water partition coefficient (Wildman–Crippen LogP) is 4.73. The number of rotatable bonds is 5. The number of aliphatic hydroxyl groups excluding tert-OH is 1. The monoisotopic (exact) mass is 296 g/mol. The van der Waals surface area contributed by atoms with E-state index in [0.29, 0.717) is 17.0 Å². The van der Waals surface area contributed by atoms with Crippen molar-refractivity contribution in [1.29, 1.82) is 0 Å². The first kappa shape index (κ1) is 16.4. The maximum atomic E-state index is 12.8. The zero-order valence-corrected chi connectivity index (χ0v) is 13.7. The molecule has 0 saturated heterocycles. The third-order valence-electron chi connectivity index (χ3n) is 3.97. The van der Waals surface area contributed by atoms with E-state index in [4.69, 9.17) is 0 Å². The number of aliphatic hydroxyl groups is 1. The molecule has 0 amide bonds. The number of carbonyl (C=O) groups is 1. The molecule has 2 rings (SSSR count). The molecule has 0 saturated carbocycles. The molecule has 116 valence electrons. The van der Waals surface area contributed by atoms with Crippen molar-refractivity contribution >= 4 is 5.78 Å². The maximum absolute atomic E-state index is 12.8. The van der Waals surface area contributed by atoms with Crippen LogP contribution in [-0.4, -0.2) is 10.9 Å². The quantitative estimate of drug-likeness (QED) is 0.810. The van der Waals surface area contributed by atoms with Crippen molar-refractivity contribution in [2.45, 2.75) is 39.7 Å². The third-order valence-corrected chi connectivity index (χ3v) is 3.97.